The first kappa shape index (κ1) is 22.8. The lowest BCUT2D eigenvalue weighted by Crippen LogP contribution is -2.29. The van der Waals surface area contributed by atoms with Crippen molar-refractivity contribution < 1.29 is 31.1 Å². The lowest BCUT2D eigenvalue weighted by atomic mass is 10.2. The van der Waals surface area contributed by atoms with Crippen LogP contribution >= 0.6 is 11.6 Å². The van der Waals surface area contributed by atoms with Crippen molar-refractivity contribution in [3.05, 3.63) is 53.1 Å². The number of carbonyl (C=O) groups excluding carboxylic acids is 1. The topological polar surface area (TPSA) is 75.7 Å². The Morgan fingerprint density at radius 2 is 1.79 bits per heavy atom. The Balaban J connectivity index is 2.00. The van der Waals surface area contributed by atoms with Crippen LogP contribution in [0.15, 0.2) is 42.5 Å². The first-order chi connectivity index (χ1) is 13.4. The SMILES string of the molecule is CCN(c1ccc(OCC(=O)Nc2ccc(Cl)c(C(F)(F)F)c2)cc1)S(C)(=O)=O. The van der Waals surface area contributed by atoms with Crippen molar-refractivity contribution in [3.8, 4) is 5.75 Å². The Hall–Kier alpha value is -2.46. The quantitative estimate of drug-likeness (QED) is 0.687. The molecule has 0 atom stereocenters. The Labute approximate surface area is 171 Å². The molecule has 0 aliphatic rings. The average molecular weight is 451 g/mol. The van der Waals surface area contributed by atoms with Gasteiger partial charge in [-0.15, -0.1) is 0 Å². The smallest absolute Gasteiger partial charge is 0.417 e. The van der Waals surface area contributed by atoms with Gasteiger partial charge in [-0.05, 0) is 49.4 Å². The first-order valence-corrected chi connectivity index (χ1v) is 10.5. The van der Waals surface area contributed by atoms with Crippen LogP contribution in [0.3, 0.4) is 0 Å². The summed E-state index contributed by atoms with van der Waals surface area (Å²) in [5.74, 6) is -0.378. The highest BCUT2D eigenvalue weighted by molar-refractivity contribution is 7.92. The number of anilines is 2. The molecule has 0 aliphatic carbocycles. The molecule has 0 saturated carbocycles. The molecule has 0 aromatic heterocycles. The monoisotopic (exact) mass is 450 g/mol. The fraction of sp³-hybridized carbons (Fsp3) is 0.278. The molecule has 0 spiro atoms. The van der Waals surface area contributed by atoms with Gasteiger partial charge in [0.25, 0.3) is 5.91 Å². The summed E-state index contributed by atoms with van der Waals surface area (Å²) >= 11 is 5.53. The van der Waals surface area contributed by atoms with E-state index in [0.29, 0.717) is 11.4 Å². The minimum atomic E-state index is -4.64. The summed E-state index contributed by atoms with van der Waals surface area (Å²) in [6, 6.07) is 9.04. The van der Waals surface area contributed by atoms with Gasteiger partial charge in [0.05, 0.1) is 22.5 Å². The van der Waals surface area contributed by atoms with Gasteiger partial charge in [0, 0.05) is 12.2 Å². The maximum atomic E-state index is 12.9. The molecule has 2 rings (SSSR count). The van der Waals surface area contributed by atoms with Gasteiger partial charge in [0.15, 0.2) is 6.61 Å². The number of nitrogens with one attached hydrogen (secondary N) is 1. The van der Waals surface area contributed by atoms with Crippen molar-refractivity contribution in [2.24, 2.45) is 0 Å². The van der Waals surface area contributed by atoms with Gasteiger partial charge in [-0.25, -0.2) is 8.42 Å². The molecule has 0 heterocycles. The van der Waals surface area contributed by atoms with Gasteiger partial charge in [-0.3, -0.25) is 9.10 Å². The van der Waals surface area contributed by atoms with Gasteiger partial charge in [-0.2, -0.15) is 13.2 Å². The van der Waals surface area contributed by atoms with Crippen LogP contribution in [0.1, 0.15) is 12.5 Å². The molecule has 1 N–H and O–H groups in total. The van der Waals surface area contributed by atoms with Crippen molar-refractivity contribution in [2.75, 3.05) is 29.0 Å². The van der Waals surface area contributed by atoms with Crippen LogP contribution in [0.4, 0.5) is 24.5 Å². The van der Waals surface area contributed by atoms with Crippen LogP contribution in [-0.4, -0.2) is 33.7 Å². The van der Waals surface area contributed by atoms with Crippen molar-refractivity contribution in [3.63, 3.8) is 0 Å². The molecule has 0 aliphatic heterocycles. The van der Waals surface area contributed by atoms with E-state index in [1.54, 1.807) is 6.92 Å². The molecule has 11 heteroatoms. The number of rotatable bonds is 7. The number of benzene rings is 2. The van der Waals surface area contributed by atoms with Crippen LogP contribution in [0.25, 0.3) is 0 Å². The number of nitrogens with zero attached hydrogens (tertiary/aromatic N) is 1. The maximum absolute atomic E-state index is 12.9. The van der Waals surface area contributed by atoms with Gasteiger partial charge in [-0.1, -0.05) is 11.6 Å². The maximum Gasteiger partial charge on any atom is 0.417 e. The number of ether oxygens (including phenoxy) is 1. The Bertz CT molecular complexity index is 980. The van der Waals surface area contributed by atoms with E-state index in [4.69, 9.17) is 16.3 Å². The molecule has 2 aromatic rings. The largest absolute Gasteiger partial charge is 0.484 e. The fourth-order valence-electron chi connectivity index (χ4n) is 2.48. The van der Waals surface area contributed by atoms with E-state index < -0.39 is 39.3 Å². The van der Waals surface area contributed by atoms with E-state index >= 15 is 0 Å². The van der Waals surface area contributed by atoms with E-state index in [-0.39, 0.29) is 12.2 Å². The van der Waals surface area contributed by atoms with Crippen LogP contribution in [0, 0.1) is 0 Å². The second-order valence-electron chi connectivity index (χ2n) is 5.95. The first-order valence-electron chi connectivity index (χ1n) is 8.29. The fourth-order valence-corrected chi connectivity index (χ4v) is 3.68. The van der Waals surface area contributed by atoms with E-state index in [9.17, 15) is 26.4 Å². The predicted molar refractivity (Wildman–Crippen MR) is 105 cm³/mol. The van der Waals surface area contributed by atoms with Gasteiger partial charge in [0.1, 0.15) is 5.75 Å². The molecule has 2 aromatic carbocycles. The Morgan fingerprint density at radius 1 is 1.17 bits per heavy atom. The molecule has 0 fully saturated rings. The average Bonchev–Trinajstić information content (AvgIpc) is 2.61. The zero-order valence-corrected chi connectivity index (χ0v) is 17.0. The van der Waals surface area contributed by atoms with Crippen LogP contribution in [0.2, 0.25) is 5.02 Å². The molecular formula is C18H18ClF3N2O4S. The zero-order valence-electron chi connectivity index (χ0n) is 15.5. The van der Waals surface area contributed by atoms with Gasteiger partial charge in [0.2, 0.25) is 10.0 Å². The highest BCUT2D eigenvalue weighted by atomic mass is 35.5. The Morgan fingerprint density at radius 3 is 2.31 bits per heavy atom. The van der Waals surface area contributed by atoms with E-state index in [1.165, 1.54) is 34.6 Å². The number of alkyl halides is 3. The number of hydrogen-bond donors (Lipinski definition) is 1. The third-order valence-electron chi connectivity index (χ3n) is 3.74. The highest BCUT2D eigenvalue weighted by Gasteiger charge is 2.33. The summed E-state index contributed by atoms with van der Waals surface area (Å²) in [4.78, 5) is 11.9. The number of carbonyl (C=O) groups is 1. The third-order valence-corrected chi connectivity index (χ3v) is 5.34. The lowest BCUT2D eigenvalue weighted by molar-refractivity contribution is -0.137. The zero-order chi connectivity index (χ0) is 21.8. The second kappa shape index (κ2) is 8.91. The molecule has 0 radical (unpaired) electrons. The van der Waals surface area contributed by atoms with Crippen molar-refractivity contribution in [1.82, 2.24) is 0 Å². The third kappa shape index (κ3) is 6.26. The highest BCUT2D eigenvalue weighted by Crippen LogP contribution is 2.36. The summed E-state index contributed by atoms with van der Waals surface area (Å²) in [7, 11) is -3.42. The standard InChI is InChI=1S/C18H18ClF3N2O4S/c1-3-24(29(2,26)27)13-5-7-14(8-6-13)28-11-17(25)23-12-4-9-16(19)15(10-12)18(20,21)22/h4-10H,3,11H2,1-2H3,(H,23,25). The second-order valence-corrected chi connectivity index (χ2v) is 8.26. The number of halogens is 4. The molecule has 1 amide bonds. The molecule has 0 bridgehead atoms. The van der Waals surface area contributed by atoms with Crippen molar-refractivity contribution >= 4 is 38.9 Å². The molecule has 29 heavy (non-hydrogen) atoms. The number of hydrogen-bond acceptors (Lipinski definition) is 4. The lowest BCUT2D eigenvalue weighted by Gasteiger charge is -2.20. The minimum Gasteiger partial charge on any atom is -0.484 e. The normalized spacial score (nSPS) is 11.8. The summed E-state index contributed by atoms with van der Waals surface area (Å²) < 4.78 is 68.5. The molecule has 6 nitrogen and oxygen atoms in total. The number of amides is 1. The van der Waals surface area contributed by atoms with Gasteiger partial charge >= 0.3 is 6.18 Å². The van der Waals surface area contributed by atoms with E-state index in [0.717, 1.165) is 18.4 Å². The molecule has 0 unspecified atom stereocenters. The van der Waals surface area contributed by atoms with Gasteiger partial charge < -0.3 is 10.1 Å². The molecule has 158 valence electrons. The number of sulfonamides is 1. The summed E-state index contributed by atoms with van der Waals surface area (Å²) in [6.07, 6.45) is -3.55. The predicted octanol–water partition coefficient (Wildman–Crippen LogP) is 4.16. The van der Waals surface area contributed by atoms with Crippen molar-refractivity contribution in [1.29, 1.82) is 0 Å². The van der Waals surface area contributed by atoms with Crippen LogP contribution in [0.5, 0.6) is 5.75 Å². The van der Waals surface area contributed by atoms with Crippen LogP contribution < -0.4 is 14.4 Å². The summed E-state index contributed by atoms with van der Waals surface area (Å²) in [6.45, 7) is 1.49. The summed E-state index contributed by atoms with van der Waals surface area (Å²) in [5.41, 5.74) is -0.690. The van der Waals surface area contributed by atoms with Crippen LogP contribution in [-0.2, 0) is 21.0 Å². The van der Waals surface area contributed by atoms with E-state index in [2.05, 4.69) is 5.32 Å². The minimum absolute atomic E-state index is 0.0718. The molecule has 0 saturated heterocycles. The van der Waals surface area contributed by atoms with E-state index in [1.807, 2.05) is 0 Å². The van der Waals surface area contributed by atoms with Crippen molar-refractivity contribution in [2.45, 2.75) is 13.1 Å². The Kier molecular flexibility index (Phi) is 7.02. The molecular weight excluding hydrogens is 433 g/mol. The summed E-state index contributed by atoms with van der Waals surface area (Å²) in [5, 5.41) is 1.83.